The molecule has 0 aliphatic carbocycles. The summed E-state index contributed by atoms with van der Waals surface area (Å²) in [6, 6.07) is 11.4. The van der Waals surface area contributed by atoms with E-state index in [1.165, 1.54) is 12.1 Å². The first kappa shape index (κ1) is 14.6. The molecular weight excluding hydrogens is 267 g/mol. The first-order chi connectivity index (χ1) is 9.43. The van der Waals surface area contributed by atoms with E-state index in [1.54, 1.807) is 24.3 Å². The Morgan fingerprint density at radius 2 is 1.60 bits per heavy atom. The fourth-order valence-corrected chi connectivity index (χ4v) is 2.02. The second-order valence-corrected chi connectivity index (χ2v) is 4.45. The van der Waals surface area contributed by atoms with E-state index in [0.29, 0.717) is 11.1 Å². The Bertz CT molecular complexity index is 578. The number of aliphatic hydroxyl groups excluding tert-OH is 1. The van der Waals surface area contributed by atoms with Crippen LogP contribution in [0.25, 0.3) is 11.1 Å². The lowest BCUT2D eigenvalue weighted by Crippen LogP contribution is -2.15. The molecule has 0 heterocycles. The number of hydrogen-bond donors (Lipinski definition) is 2. The molecular formula is C15H14F3NO. The van der Waals surface area contributed by atoms with Gasteiger partial charge in [0.05, 0.1) is 18.2 Å². The van der Waals surface area contributed by atoms with Crippen LogP contribution in [0.2, 0.25) is 0 Å². The number of rotatable bonds is 3. The zero-order chi connectivity index (χ0) is 14.8. The SMILES string of the molecule is N[C@H](CO)c1ccccc1-c1ccc(C(F)(F)F)cc1. The Hall–Kier alpha value is -1.85. The molecule has 0 unspecified atom stereocenters. The van der Waals surface area contributed by atoms with E-state index in [2.05, 4.69) is 0 Å². The van der Waals surface area contributed by atoms with E-state index in [-0.39, 0.29) is 6.61 Å². The highest BCUT2D eigenvalue weighted by atomic mass is 19.4. The van der Waals surface area contributed by atoms with Crippen LogP contribution in [-0.4, -0.2) is 11.7 Å². The zero-order valence-corrected chi connectivity index (χ0v) is 10.6. The lowest BCUT2D eigenvalue weighted by molar-refractivity contribution is -0.137. The molecule has 0 aliphatic heterocycles. The maximum absolute atomic E-state index is 12.5. The van der Waals surface area contributed by atoms with Gasteiger partial charge in [-0.1, -0.05) is 36.4 Å². The molecule has 0 fully saturated rings. The summed E-state index contributed by atoms with van der Waals surface area (Å²) in [7, 11) is 0. The average Bonchev–Trinajstić information content (AvgIpc) is 2.45. The van der Waals surface area contributed by atoms with Crippen molar-refractivity contribution in [3.05, 3.63) is 59.7 Å². The zero-order valence-electron chi connectivity index (χ0n) is 10.6. The second-order valence-electron chi connectivity index (χ2n) is 4.45. The van der Waals surface area contributed by atoms with Crippen LogP contribution in [0.3, 0.4) is 0 Å². The summed E-state index contributed by atoms with van der Waals surface area (Å²) in [4.78, 5) is 0. The Morgan fingerprint density at radius 1 is 1.00 bits per heavy atom. The summed E-state index contributed by atoms with van der Waals surface area (Å²) in [5.41, 5.74) is 7.18. The number of hydrogen-bond acceptors (Lipinski definition) is 2. The largest absolute Gasteiger partial charge is 0.416 e. The molecule has 3 N–H and O–H groups in total. The van der Waals surface area contributed by atoms with Gasteiger partial charge in [-0.3, -0.25) is 0 Å². The van der Waals surface area contributed by atoms with Gasteiger partial charge >= 0.3 is 6.18 Å². The third-order valence-corrected chi connectivity index (χ3v) is 3.08. The van der Waals surface area contributed by atoms with E-state index >= 15 is 0 Å². The molecule has 0 bridgehead atoms. The van der Waals surface area contributed by atoms with Crippen molar-refractivity contribution in [1.29, 1.82) is 0 Å². The maximum atomic E-state index is 12.5. The summed E-state index contributed by atoms with van der Waals surface area (Å²) in [6.45, 7) is -0.225. The average molecular weight is 281 g/mol. The molecule has 1 atom stereocenters. The highest BCUT2D eigenvalue weighted by Gasteiger charge is 2.30. The maximum Gasteiger partial charge on any atom is 0.416 e. The van der Waals surface area contributed by atoms with Crippen molar-refractivity contribution >= 4 is 0 Å². The summed E-state index contributed by atoms with van der Waals surface area (Å²) in [5.74, 6) is 0. The highest BCUT2D eigenvalue weighted by molar-refractivity contribution is 5.68. The van der Waals surface area contributed by atoms with E-state index in [0.717, 1.165) is 17.7 Å². The minimum atomic E-state index is -4.35. The van der Waals surface area contributed by atoms with Gasteiger partial charge in [-0.25, -0.2) is 0 Å². The Kier molecular flexibility index (Phi) is 4.11. The molecule has 106 valence electrons. The number of alkyl halides is 3. The van der Waals surface area contributed by atoms with Crippen LogP contribution in [-0.2, 0) is 6.18 Å². The molecule has 0 aromatic heterocycles. The normalized spacial score (nSPS) is 13.2. The third kappa shape index (κ3) is 3.00. The standard InChI is InChI=1S/C15H14F3NO/c16-15(17,18)11-7-5-10(6-8-11)12-3-1-2-4-13(12)14(19)9-20/h1-8,14,20H,9,19H2/t14-/m1/s1. The van der Waals surface area contributed by atoms with E-state index in [4.69, 9.17) is 10.8 Å². The predicted molar refractivity (Wildman–Crippen MR) is 70.9 cm³/mol. The summed E-state index contributed by atoms with van der Waals surface area (Å²) < 4.78 is 37.6. The van der Waals surface area contributed by atoms with Crippen molar-refractivity contribution in [3.8, 4) is 11.1 Å². The molecule has 0 aliphatic rings. The molecule has 2 rings (SSSR count). The van der Waals surface area contributed by atoms with Crippen LogP contribution in [0, 0.1) is 0 Å². The molecule has 2 aromatic rings. The molecule has 0 saturated carbocycles. The third-order valence-electron chi connectivity index (χ3n) is 3.08. The van der Waals surface area contributed by atoms with Crippen molar-refractivity contribution in [1.82, 2.24) is 0 Å². The van der Waals surface area contributed by atoms with Gasteiger partial charge in [0.1, 0.15) is 0 Å². The van der Waals surface area contributed by atoms with Gasteiger partial charge in [0.25, 0.3) is 0 Å². The molecule has 0 saturated heterocycles. The number of benzene rings is 2. The van der Waals surface area contributed by atoms with Gasteiger partial charge in [-0.15, -0.1) is 0 Å². The topological polar surface area (TPSA) is 46.2 Å². The minimum Gasteiger partial charge on any atom is -0.394 e. The fraction of sp³-hybridized carbons (Fsp3) is 0.200. The minimum absolute atomic E-state index is 0.225. The predicted octanol–water partition coefficient (Wildman–Crippen LogP) is 3.36. The van der Waals surface area contributed by atoms with Crippen LogP contribution in [0.1, 0.15) is 17.2 Å². The summed E-state index contributed by atoms with van der Waals surface area (Å²) in [5, 5.41) is 9.14. The molecule has 0 amide bonds. The smallest absolute Gasteiger partial charge is 0.394 e. The second kappa shape index (κ2) is 5.64. The highest BCUT2D eigenvalue weighted by Crippen LogP contribution is 2.32. The van der Waals surface area contributed by atoms with Gasteiger partial charge in [-0.05, 0) is 28.8 Å². The van der Waals surface area contributed by atoms with Crippen molar-refractivity contribution in [2.24, 2.45) is 5.73 Å². The van der Waals surface area contributed by atoms with Crippen LogP contribution in [0.5, 0.6) is 0 Å². The Labute approximate surface area is 114 Å². The molecule has 2 nitrogen and oxygen atoms in total. The van der Waals surface area contributed by atoms with Crippen LogP contribution < -0.4 is 5.73 Å². The molecule has 20 heavy (non-hydrogen) atoms. The number of halogens is 3. The van der Waals surface area contributed by atoms with E-state index in [9.17, 15) is 13.2 Å². The monoisotopic (exact) mass is 281 g/mol. The van der Waals surface area contributed by atoms with Gasteiger partial charge in [-0.2, -0.15) is 13.2 Å². The number of nitrogens with two attached hydrogens (primary N) is 1. The molecule has 0 radical (unpaired) electrons. The van der Waals surface area contributed by atoms with Crippen LogP contribution in [0.4, 0.5) is 13.2 Å². The first-order valence-corrected chi connectivity index (χ1v) is 6.06. The van der Waals surface area contributed by atoms with Gasteiger partial charge in [0.15, 0.2) is 0 Å². The molecule has 2 aromatic carbocycles. The Morgan fingerprint density at radius 3 is 2.15 bits per heavy atom. The van der Waals surface area contributed by atoms with E-state index in [1.807, 2.05) is 0 Å². The van der Waals surface area contributed by atoms with Gasteiger partial charge < -0.3 is 10.8 Å². The van der Waals surface area contributed by atoms with Crippen molar-refractivity contribution in [2.45, 2.75) is 12.2 Å². The van der Waals surface area contributed by atoms with Crippen LogP contribution in [0.15, 0.2) is 48.5 Å². The summed E-state index contributed by atoms with van der Waals surface area (Å²) >= 11 is 0. The van der Waals surface area contributed by atoms with E-state index < -0.39 is 17.8 Å². The van der Waals surface area contributed by atoms with Gasteiger partial charge in [0.2, 0.25) is 0 Å². The van der Waals surface area contributed by atoms with Crippen molar-refractivity contribution < 1.29 is 18.3 Å². The molecule has 5 heteroatoms. The van der Waals surface area contributed by atoms with Crippen molar-refractivity contribution in [2.75, 3.05) is 6.61 Å². The number of aliphatic hydroxyl groups is 1. The summed E-state index contributed by atoms with van der Waals surface area (Å²) in [6.07, 6.45) is -4.35. The lowest BCUT2D eigenvalue weighted by atomic mass is 9.95. The fourth-order valence-electron chi connectivity index (χ4n) is 2.02. The van der Waals surface area contributed by atoms with Gasteiger partial charge in [0, 0.05) is 0 Å². The quantitative estimate of drug-likeness (QED) is 0.906. The lowest BCUT2D eigenvalue weighted by Gasteiger charge is -2.15. The van der Waals surface area contributed by atoms with Crippen LogP contribution >= 0.6 is 0 Å². The molecule has 0 spiro atoms. The Balaban J connectivity index is 2.42. The first-order valence-electron chi connectivity index (χ1n) is 6.06. The van der Waals surface area contributed by atoms with Crippen molar-refractivity contribution in [3.63, 3.8) is 0 Å².